The first-order valence-electron chi connectivity index (χ1n) is 10.3. The maximum atomic E-state index is 12.8. The summed E-state index contributed by atoms with van der Waals surface area (Å²) < 4.78 is 26.3. The summed E-state index contributed by atoms with van der Waals surface area (Å²) in [6, 6.07) is 15.5. The highest BCUT2D eigenvalue weighted by molar-refractivity contribution is 7.89. The van der Waals surface area contributed by atoms with Gasteiger partial charge in [-0.25, -0.2) is 12.7 Å². The first kappa shape index (κ1) is 22.5. The quantitative estimate of drug-likeness (QED) is 0.663. The van der Waals surface area contributed by atoms with Crippen molar-refractivity contribution in [1.82, 2.24) is 9.21 Å². The summed E-state index contributed by atoms with van der Waals surface area (Å²) in [5.74, 6) is 0.494. The molecule has 3 rings (SSSR count). The molecular formula is C23H31N3O3S. The maximum Gasteiger partial charge on any atom is 0.242 e. The Bertz CT molecular complexity index is 986. The number of amides is 1. The lowest BCUT2D eigenvalue weighted by Gasteiger charge is -2.28. The molecule has 1 aliphatic carbocycles. The van der Waals surface area contributed by atoms with E-state index < -0.39 is 10.0 Å². The second kappa shape index (κ2) is 9.29. The zero-order valence-electron chi connectivity index (χ0n) is 18.1. The average molecular weight is 430 g/mol. The molecule has 0 bridgehead atoms. The third-order valence-electron chi connectivity index (χ3n) is 5.69. The first-order valence-corrected chi connectivity index (χ1v) is 11.7. The van der Waals surface area contributed by atoms with Crippen LogP contribution in [0.4, 0.5) is 5.69 Å². The fourth-order valence-corrected chi connectivity index (χ4v) is 4.72. The van der Waals surface area contributed by atoms with Crippen LogP contribution in [-0.2, 0) is 21.4 Å². The number of nitrogens with one attached hydrogen (secondary N) is 1. The molecule has 0 aromatic heterocycles. The molecule has 0 spiro atoms. The molecule has 1 N–H and O–H groups in total. The highest BCUT2D eigenvalue weighted by Crippen LogP contribution is 2.35. The van der Waals surface area contributed by atoms with Gasteiger partial charge in [-0.3, -0.25) is 9.69 Å². The van der Waals surface area contributed by atoms with E-state index in [2.05, 4.69) is 29.3 Å². The van der Waals surface area contributed by atoms with Gasteiger partial charge < -0.3 is 5.32 Å². The van der Waals surface area contributed by atoms with Crippen LogP contribution in [0.15, 0.2) is 53.4 Å². The lowest BCUT2D eigenvalue weighted by atomic mass is 10.1. The van der Waals surface area contributed by atoms with Crippen LogP contribution in [0.25, 0.3) is 0 Å². The Labute approximate surface area is 179 Å². The van der Waals surface area contributed by atoms with Crippen LogP contribution in [-0.4, -0.2) is 50.2 Å². The van der Waals surface area contributed by atoms with Crippen molar-refractivity contribution in [3.05, 3.63) is 59.7 Å². The molecule has 1 amide bonds. The van der Waals surface area contributed by atoms with Crippen LogP contribution in [0.3, 0.4) is 0 Å². The van der Waals surface area contributed by atoms with Gasteiger partial charge in [0.1, 0.15) is 0 Å². The van der Waals surface area contributed by atoms with Gasteiger partial charge in [-0.1, -0.05) is 36.4 Å². The first-order chi connectivity index (χ1) is 14.2. The minimum Gasteiger partial charge on any atom is -0.325 e. The maximum absolute atomic E-state index is 12.8. The highest BCUT2D eigenvalue weighted by atomic mass is 32.2. The molecule has 1 aliphatic rings. The van der Waals surface area contributed by atoms with Crippen molar-refractivity contribution in [3.63, 3.8) is 0 Å². The van der Waals surface area contributed by atoms with E-state index >= 15 is 0 Å². The van der Waals surface area contributed by atoms with Crippen molar-refractivity contribution < 1.29 is 13.2 Å². The molecule has 7 heteroatoms. The molecule has 1 atom stereocenters. The van der Waals surface area contributed by atoms with E-state index in [4.69, 9.17) is 0 Å². The van der Waals surface area contributed by atoms with Crippen LogP contribution in [0.2, 0.25) is 0 Å². The Hall–Kier alpha value is -2.22. The summed E-state index contributed by atoms with van der Waals surface area (Å²) in [5.41, 5.74) is 2.31. The van der Waals surface area contributed by atoms with Crippen molar-refractivity contribution in [3.8, 4) is 0 Å². The Morgan fingerprint density at radius 3 is 2.40 bits per heavy atom. The molecule has 0 saturated heterocycles. The third kappa shape index (κ3) is 5.47. The summed E-state index contributed by atoms with van der Waals surface area (Å²) >= 11 is 0. The molecule has 1 saturated carbocycles. The average Bonchev–Trinajstić information content (AvgIpc) is 3.54. The monoisotopic (exact) mass is 429 g/mol. The van der Waals surface area contributed by atoms with E-state index in [-0.39, 0.29) is 17.3 Å². The number of hydrogen-bond acceptors (Lipinski definition) is 4. The number of nitrogens with zero attached hydrogens (tertiary/aromatic N) is 2. The number of carbonyl (C=O) groups excluding carboxylic acids is 1. The van der Waals surface area contributed by atoms with Crippen molar-refractivity contribution in [2.45, 2.75) is 44.2 Å². The van der Waals surface area contributed by atoms with Gasteiger partial charge in [0.15, 0.2) is 0 Å². The normalized spacial score (nSPS) is 15.4. The van der Waals surface area contributed by atoms with Crippen LogP contribution < -0.4 is 5.32 Å². The van der Waals surface area contributed by atoms with Crippen molar-refractivity contribution >= 4 is 21.6 Å². The van der Waals surface area contributed by atoms with Crippen LogP contribution >= 0.6 is 0 Å². The molecule has 1 unspecified atom stereocenters. The fraction of sp³-hybridized carbons (Fsp3) is 0.435. The van der Waals surface area contributed by atoms with Gasteiger partial charge in [-0.05, 0) is 55.9 Å². The van der Waals surface area contributed by atoms with E-state index in [0.717, 1.165) is 0 Å². The molecule has 30 heavy (non-hydrogen) atoms. The van der Waals surface area contributed by atoms with Gasteiger partial charge in [0.05, 0.1) is 11.4 Å². The number of hydrogen-bond donors (Lipinski definition) is 1. The van der Waals surface area contributed by atoms with Gasteiger partial charge in [-0.15, -0.1) is 0 Å². The van der Waals surface area contributed by atoms with Crippen molar-refractivity contribution in [1.29, 1.82) is 0 Å². The standard InChI is InChI=1S/C23H31N3O3S/c1-17-10-13-21(14-22(17)30(28,29)25(3)4)24-23(27)16-26(18(2)20-11-12-20)15-19-8-6-5-7-9-19/h5-10,13-14,18,20H,11-12,15-16H2,1-4H3,(H,24,27). The molecule has 162 valence electrons. The molecule has 0 heterocycles. The van der Waals surface area contributed by atoms with Gasteiger partial charge in [0.2, 0.25) is 15.9 Å². The molecule has 2 aromatic carbocycles. The largest absolute Gasteiger partial charge is 0.325 e. The Balaban J connectivity index is 1.74. The lowest BCUT2D eigenvalue weighted by molar-refractivity contribution is -0.118. The third-order valence-corrected chi connectivity index (χ3v) is 7.64. The SMILES string of the molecule is Cc1ccc(NC(=O)CN(Cc2ccccc2)C(C)C2CC2)cc1S(=O)(=O)N(C)C. The number of benzene rings is 2. The second-order valence-electron chi connectivity index (χ2n) is 8.28. The smallest absolute Gasteiger partial charge is 0.242 e. The van der Waals surface area contributed by atoms with E-state index in [9.17, 15) is 13.2 Å². The minimum atomic E-state index is -3.57. The Morgan fingerprint density at radius 1 is 1.13 bits per heavy atom. The summed E-state index contributed by atoms with van der Waals surface area (Å²) in [5, 5.41) is 2.89. The molecular weight excluding hydrogens is 398 g/mol. The van der Waals surface area contributed by atoms with E-state index in [1.165, 1.54) is 42.9 Å². The van der Waals surface area contributed by atoms with Gasteiger partial charge in [0, 0.05) is 32.4 Å². The van der Waals surface area contributed by atoms with Crippen molar-refractivity contribution in [2.24, 2.45) is 5.92 Å². The van der Waals surface area contributed by atoms with Crippen LogP contribution in [0.5, 0.6) is 0 Å². The topological polar surface area (TPSA) is 69.7 Å². The van der Waals surface area contributed by atoms with Crippen LogP contribution in [0, 0.1) is 12.8 Å². The minimum absolute atomic E-state index is 0.143. The molecule has 6 nitrogen and oxygen atoms in total. The number of anilines is 1. The predicted octanol–water partition coefficient (Wildman–Crippen LogP) is 3.48. The number of carbonyl (C=O) groups is 1. The van der Waals surface area contributed by atoms with Gasteiger partial charge >= 0.3 is 0 Å². The zero-order valence-corrected chi connectivity index (χ0v) is 18.9. The zero-order chi connectivity index (χ0) is 21.9. The number of sulfonamides is 1. The molecule has 2 aromatic rings. The summed E-state index contributed by atoms with van der Waals surface area (Å²) in [4.78, 5) is 15.2. The number of aryl methyl sites for hydroxylation is 1. The predicted molar refractivity (Wildman–Crippen MR) is 120 cm³/mol. The van der Waals surface area contributed by atoms with E-state index in [0.29, 0.717) is 29.8 Å². The van der Waals surface area contributed by atoms with Crippen LogP contribution in [0.1, 0.15) is 30.9 Å². The van der Waals surface area contributed by atoms with Gasteiger partial charge in [0.25, 0.3) is 0 Å². The summed E-state index contributed by atoms with van der Waals surface area (Å²) in [7, 11) is -0.573. The Kier molecular flexibility index (Phi) is 6.95. The highest BCUT2D eigenvalue weighted by Gasteiger charge is 2.32. The van der Waals surface area contributed by atoms with Crippen molar-refractivity contribution in [2.75, 3.05) is 26.0 Å². The lowest BCUT2D eigenvalue weighted by Crippen LogP contribution is -2.40. The van der Waals surface area contributed by atoms with E-state index in [1.807, 2.05) is 18.2 Å². The van der Waals surface area contributed by atoms with Gasteiger partial charge in [-0.2, -0.15) is 0 Å². The fourth-order valence-electron chi connectivity index (χ4n) is 3.58. The van der Waals surface area contributed by atoms with E-state index in [1.54, 1.807) is 19.1 Å². The molecule has 0 radical (unpaired) electrons. The molecule has 1 fully saturated rings. The second-order valence-corrected chi connectivity index (χ2v) is 10.4. The summed E-state index contributed by atoms with van der Waals surface area (Å²) in [6.07, 6.45) is 2.41. The number of rotatable bonds is 9. The summed E-state index contributed by atoms with van der Waals surface area (Å²) in [6.45, 7) is 4.90. The molecule has 0 aliphatic heterocycles. The Morgan fingerprint density at radius 2 is 1.80 bits per heavy atom.